The number of aliphatic hydroxyl groups excluding tert-OH is 1. The van der Waals surface area contributed by atoms with Crippen molar-refractivity contribution in [2.45, 2.75) is 30.4 Å². The molecule has 5 aromatic rings. The van der Waals surface area contributed by atoms with Crippen LogP contribution in [0.1, 0.15) is 23.1 Å². The van der Waals surface area contributed by atoms with Crippen LogP contribution in [0.15, 0.2) is 107 Å². The number of rotatable bonds is 14. The summed E-state index contributed by atoms with van der Waals surface area (Å²) >= 11 is 0. The molecule has 3 N–H and O–H groups in total. The first kappa shape index (κ1) is 32.4. The number of aromatic nitrogens is 3. The molecule has 0 fully saturated rings. The lowest BCUT2D eigenvalue weighted by atomic mass is 10.1. The molecule has 11 nitrogen and oxygen atoms in total. The molecule has 0 bridgehead atoms. The van der Waals surface area contributed by atoms with E-state index in [1.807, 2.05) is 18.2 Å². The molecule has 0 aliphatic carbocycles. The number of anilines is 1. The largest absolute Gasteiger partial charge is 0.573 e. The van der Waals surface area contributed by atoms with E-state index in [9.17, 15) is 26.7 Å². The van der Waals surface area contributed by atoms with Crippen LogP contribution in [0.25, 0.3) is 11.4 Å². The smallest absolute Gasteiger partial charge is 0.484 e. The summed E-state index contributed by atoms with van der Waals surface area (Å²) in [5.41, 5.74) is 2.63. The second-order valence-electron chi connectivity index (χ2n) is 9.90. The number of nitrogens with one attached hydrogen (secondary N) is 2. The second-order valence-corrected chi connectivity index (χ2v) is 11.6. The van der Waals surface area contributed by atoms with Crippen LogP contribution in [0.5, 0.6) is 11.5 Å². The number of ether oxygens (including phenoxy) is 2. The van der Waals surface area contributed by atoms with Crippen molar-refractivity contribution in [2.24, 2.45) is 0 Å². The van der Waals surface area contributed by atoms with Crippen LogP contribution in [0.4, 0.5) is 18.9 Å². The van der Waals surface area contributed by atoms with Gasteiger partial charge in [0.05, 0.1) is 11.0 Å². The van der Waals surface area contributed by atoms with Crippen LogP contribution in [0.2, 0.25) is 0 Å². The average Bonchev–Trinajstić information content (AvgIpc) is 3.52. The fraction of sp³-hybridized carbons (Fsp3) is 0.194. The fourth-order valence-corrected chi connectivity index (χ4v) is 5.27. The number of nitrogens with zero attached hydrogens (tertiary/aromatic N) is 3. The van der Waals surface area contributed by atoms with Crippen LogP contribution >= 0.6 is 0 Å². The molecule has 0 saturated heterocycles. The van der Waals surface area contributed by atoms with Crippen molar-refractivity contribution in [3.8, 4) is 22.9 Å². The van der Waals surface area contributed by atoms with Crippen LogP contribution in [0.3, 0.4) is 0 Å². The Morgan fingerprint density at radius 2 is 1.65 bits per heavy atom. The summed E-state index contributed by atoms with van der Waals surface area (Å²) in [6.45, 7) is 0.866. The van der Waals surface area contributed by atoms with Crippen LogP contribution < -0.4 is 19.5 Å². The van der Waals surface area contributed by atoms with E-state index in [0.717, 1.165) is 23.3 Å². The number of aliphatic hydroxyl groups is 1. The quantitative estimate of drug-likeness (QED) is 0.135. The molecule has 240 valence electrons. The maximum atomic E-state index is 13.0. The number of hydrogen-bond acceptors (Lipinski definition) is 10. The summed E-state index contributed by atoms with van der Waals surface area (Å²) < 4.78 is 79.8. The van der Waals surface area contributed by atoms with Gasteiger partial charge in [-0.3, -0.25) is 9.71 Å². The highest BCUT2D eigenvalue weighted by Crippen LogP contribution is 2.26. The van der Waals surface area contributed by atoms with Gasteiger partial charge >= 0.3 is 6.36 Å². The van der Waals surface area contributed by atoms with Crippen molar-refractivity contribution in [1.82, 2.24) is 20.4 Å². The Labute approximate surface area is 262 Å². The molecule has 0 saturated carbocycles. The van der Waals surface area contributed by atoms with E-state index in [4.69, 9.17) is 9.26 Å². The van der Waals surface area contributed by atoms with Gasteiger partial charge in [0.2, 0.25) is 5.82 Å². The molecule has 0 unspecified atom stereocenters. The molecule has 0 spiro atoms. The van der Waals surface area contributed by atoms with E-state index < -0.39 is 22.5 Å². The molecule has 2 heterocycles. The third kappa shape index (κ3) is 9.26. The number of sulfonamides is 1. The van der Waals surface area contributed by atoms with Gasteiger partial charge in [0.25, 0.3) is 15.9 Å². The van der Waals surface area contributed by atoms with Gasteiger partial charge in [-0.1, -0.05) is 23.4 Å². The topological polar surface area (TPSA) is 149 Å². The molecule has 0 radical (unpaired) electrons. The van der Waals surface area contributed by atoms with Gasteiger partial charge in [-0.25, -0.2) is 8.42 Å². The molecule has 3 aromatic carbocycles. The van der Waals surface area contributed by atoms with Gasteiger partial charge < -0.3 is 24.4 Å². The highest BCUT2D eigenvalue weighted by molar-refractivity contribution is 7.92. The zero-order chi connectivity index (χ0) is 32.6. The highest BCUT2D eigenvalue weighted by Gasteiger charge is 2.31. The lowest BCUT2D eigenvalue weighted by molar-refractivity contribution is -0.274. The first-order valence-corrected chi connectivity index (χ1v) is 15.3. The van der Waals surface area contributed by atoms with Gasteiger partial charge in [-0.05, 0) is 85.3 Å². The minimum atomic E-state index is -4.79. The maximum Gasteiger partial charge on any atom is 0.573 e. The third-order valence-electron chi connectivity index (χ3n) is 6.51. The van der Waals surface area contributed by atoms with Crippen molar-refractivity contribution in [2.75, 3.05) is 17.8 Å². The summed E-state index contributed by atoms with van der Waals surface area (Å²) in [4.78, 5) is 8.25. The van der Waals surface area contributed by atoms with E-state index in [1.54, 1.807) is 30.6 Å². The van der Waals surface area contributed by atoms with Gasteiger partial charge in [0.15, 0.2) is 6.61 Å². The molecule has 5 rings (SSSR count). The Balaban J connectivity index is 1.09. The van der Waals surface area contributed by atoms with Crippen molar-refractivity contribution in [3.05, 3.63) is 114 Å². The summed E-state index contributed by atoms with van der Waals surface area (Å²) in [6.07, 6.45) is -1.49. The lowest BCUT2D eigenvalue weighted by Crippen LogP contribution is -2.23. The van der Waals surface area contributed by atoms with Crippen molar-refractivity contribution in [1.29, 1.82) is 0 Å². The summed E-state index contributed by atoms with van der Waals surface area (Å²) in [7, 11) is -3.88. The Kier molecular flexibility index (Phi) is 10.1. The Morgan fingerprint density at radius 1 is 0.935 bits per heavy atom. The van der Waals surface area contributed by atoms with Gasteiger partial charge in [0.1, 0.15) is 11.5 Å². The summed E-state index contributed by atoms with van der Waals surface area (Å²) in [5.74, 6) is 0.178. The Morgan fingerprint density at radius 3 is 2.33 bits per heavy atom. The molecule has 0 amide bonds. The second kappa shape index (κ2) is 14.4. The fourth-order valence-electron chi connectivity index (χ4n) is 4.21. The zero-order valence-electron chi connectivity index (χ0n) is 24.0. The van der Waals surface area contributed by atoms with E-state index in [0.29, 0.717) is 30.8 Å². The minimum Gasteiger partial charge on any atom is -0.484 e. The molecule has 1 atom stereocenters. The third-order valence-corrected chi connectivity index (χ3v) is 7.91. The van der Waals surface area contributed by atoms with E-state index >= 15 is 0 Å². The van der Waals surface area contributed by atoms with Gasteiger partial charge in [0, 0.05) is 35.8 Å². The Hall–Kier alpha value is -4.99. The van der Waals surface area contributed by atoms with Crippen LogP contribution in [0, 0.1) is 0 Å². The van der Waals surface area contributed by atoms with Gasteiger partial charge in [-0.2, -0.15) is 4.98 Å². The van der Waals surface area contributed by atoms with E-state index in [1.165, 1.54) is 36.4 Å². The standard InChI is InChI=1S/C31H28F3N5O6S/c32-31(33,34)44-26-11-9-25(10-12-26)43-20-29-37-30(38-45-29)22-5-13-27(14-6-22)46(41,42)39-24-7-3-21(4-8-24)15-17-36-19-28(40)23-2-1-16-35-18-23/h1-14,16,18,28,36,39-40H,15,17,19-20H2/t28-/m0/s1. The van der Waals surface area contributed by atoms with E-state index in [2.05, 4.69) is 29.9 Å². The number of alkyl halides is 3. The first-order valence-electron chi connectivity index (χ1n) is 13.9. The molecule has 46 heavy (non-hydrogen) atoms. The van der Waals surface area contributed by atoms with Gasteiger partial charge in [-0.15, -0.1) is 13.2 Å². The average molecular weight is 656 g/mol. The van der Waals surface area contributed by atoms with Crippen molar-refractivity contribution < 1.29 is 40.7 Å². The molecule has 0 aliphatic heterocycles. The zero-order valence-corrected chi connectivity index (χ0v) is 24.8. The van der Waals surface area contributed by atoms with Crippen molar-refractivity contribution >= 4 is 15.7 Å². The van der Waals surface area contributed by atoms with Crippen LogP contribution in [-0.2, 0) is 23.1 Å². The highest BCUT2D eigenvalue weighted by atomic mass is 32.2. The predicted octanol–water partition coefficient (Wildman–Crippen LogP) is 5.28. The molecular formula is C31H28F3N5O6S. The Bertz CT molecular complexity index is 1800. The maximum absolute atomic E-state index is 13.0. The minimum absolute atomic E-state index is 0.0294. The first-order chi connectivity index (χ1) is 22.0. The SMILES string of the molecule is O=S(=O)(Nc1ccc(CCNC[C@H](O)c2cccnc2)cc1)c1ccc(-c2noc(COc3ccc(OC(F)(F)F)cc3)n2)cc1. The molecule has 2 aromatic heterocycles. The lowest BCUT2D eigenvalue weighted by Gasteiger charge is -2.12. The van der Waals surface area contributed by atoms with E-state index in [-0.39, 0.29) is 34.7 Å². The van der Waals surface area contributed by atoms with Crippen LogP contribution in [-0.4, -0.2) is 48.1 Å². The summed E-state index contributed by atoms with van der Waals surface area (Å²) in [6, 6.07) is 21.3. The predicted molar refractivity (Wildman–Crippen MR) is 160 cm³/mol. The summed E-state index contributed by atoms with van der Waals surface area (Å²) in [5, 5.41) is 17.3. The monoisotopic (exact) mass is 655 g/mol. The number of hydrogen-bond donors (Lipinski definition) is 3. The normalized spacial score (nSPS) is 12.4. The number of halogens is 3. The molecular weight excluding hydrogens is 627 g/mol. The molecule has 15 heteroatoms. The van der Waals surface area contributed by atoms with Crippen molar-refractivity contribution in [3.63, 3.8) is 0 Å². The number of pyridine rings is 1. The molecule has 0 aliphatic rings. The number of benzene rings is 3.